The summed E-state index contributed by atoms with van der Waals surface area (Å²) in [7, 11) is -3.96. The van der Waals surface area contributed by atoms with E-state index in [1.807, 2.05) is 0 Å². The topological polar surface area (TPSA) is 131 Å². The molecule has 9 nitrogen and oxygen atoms in total. The quantitative estimate of drug-likeness (QED) is 0.525. The second kappa shape index (κ2) is 10.2. The maximum atomic E-state index is 12.3. The van der Waals surface area contributed by atoms with Crippen LogP contribution in [0.15, 0.2) is 53.4 Å². The largest absolute Gasteiger partial charge is 0.454 e. The summed E-state index contributed by atoms with van der Waals surface area (Å²) in [6.45, 7) is 2.08. The number of rotatable bonds is 8. The lowest BCUT2D eigenvalue weighted by atomic mass is 10.2. The molecule has 0 aliphatic heterocycles. The first-order valence-corrected chi connectivity index (χ1v) is 10.5. The molecular formula is C19H20ClN3O6S. The third-order valence-electron chi connectivity index (χ3n) is 3.64. The van der Waals surface area contributed by atoms with Gasteiger partial charge in [-0.3, -0.25) is 14.4 Å². The van der Waals surface area contributed by atoms with E-state index in [4.69, 9.17) is 16.3 Å². The fourth-order valence-electron chi connectivity index (χ4n) is 2.26. The molecule has 2 aromatic rings. The van der Waals surface area contributed by atoms with Gasteiger partial charge in [-0.25, -0.2) is 8.42 Å². The van der Waals surface area contributed by atoms with E-state index in [2.05, 4.69) is 15.4 Å². The number of hydrogen-bond donors (Lipinski definition) is 3. The predicted molar refractivity (Wildman–Crippen MR) is 112 cm³/mol. The SMILES string of the molecule is CC(=O)Nc1ccc(NC(=O)COC(=O)[C@H](C)NS(=O)(=O)c2ccc(Cl)cc2)cc1. The predicted octanol–water partition coefficient (Wildman–Crippen LogP) is 2.15. The van der Waals surface area contributed by atoms with Crippen LogP contribution in [0, 0.1) is 0 Å². The zero-order chi connectivity index (χ0) is 22.3. The highest BCUT2D eigenvalue weighted by Gasteiger charge is 2.23. The molecule has 0 fully saturated rings. The molecule has 0 aliphatic carbocycles. The van der Waals surface area contributed by atoms with Crippen molar-refractivity contribution in [2.24, 2.45) is 0 Å². The minimum atomic E-state index is -3.96. The number of esters is 1. The van der Waals surface area contributed by atoms with E-state index in [1.54, 1.807) is 24.3 Å². The normalized spacial score (nSPS) is 12.0. The first-order chi connectivity index (χ1) is 14.1. The van der Waals surface area contributed by atoms with Crippen LogP contribution >= 0.6 is 11.6 Å². The molecule has 160 valence electrons. The summed E-state index contributed by atoms with van der Waals surface area (Å²) >= 11 is 5.73. The van der Waals surface area contributed by atoms with Crippen molar-refractivity contribution in [3.8, 4) is 0 Å². The van der Waals surface area contributed by atoms with Crippen LogP contribution in [0.4, 0.5) is 11.4 Å². The smallest absolute Gasteiger partial charge is 0.324 e. The number of anilines is 2. The van der Waals surface area contributed by atoms with Crippen molar-refractivity contribution in [3.05, 3.63) is 53.6 Å². The molecule has 0 aromatic heterocycles. The summed E-state index contributed by atoms with van der Waals surface area (Å²) in [5.74, 6) is -1.74. The monoisotopic (exact) mass is 453 g/mol. The zero-order valence-corrected chi connectivity index (χ0v) is 17.7. The summed E-state index contributed by atoms with van der Waals surface area (Å²) in [5.41, 5.74) is 0.996. The fourth-order valence-corrected chi connectivity index (χ4v) is 3.58. The molecule has 11 heteroatoms. The highest BCUT2D eigenvalue weighted by Crippen LogP contribution is 2.15. The van der Waals surface area contributed by atoms with E-state index in [0.29, 0.717) is 16.4 Å². The van der Waals surface area contributed by atoms with Gasteiger partial charge in [0, 0.05) is 23.3 Å². The first-order valence-electron chi connectivity index (χ1n) is 8.69. The number of benzene rings is 2. The maximum Gasteiger partial charge on any atom is 0.324 e. The molecule has 3 N–H and O–H groups in total. The molecule has 0 bridgehead atoms. The lowest BCUT2D eigenvalue weighted by Crippen LogP contribution is -2.40. The van der Waals surface area contributed by atoms with Gasteiger partial charge in [0.1, 0.15) is 6.04 Å². The van der Waals surface area contributed by atoms with E-state index in [9.17, 15) is 22.8 Å². The van der Waals surface area contributed by atoms with Gasteiger partial charge in [0.05, 0.1) is 4.90 Å². The molecule has 2 amide bonds. The molecule has 0 heterocycles. The third kappa shape index (κ3) is 7.14. The Kier molecular flexibility index (Phi) is 7.93. The van der Waals surface area contributed by atoms with Crippen LogP contribution in [0.1, 0.15) is 13.8 Å². The van der Waals surface area contributed by atoms with Crippen molar-refractivity contribution in [3.63, 3.8) is 0 Å². The van der Waals surface area contributed by atoms with E-state index in [0.717, 1.165) is 0 Å². The van der Waals surface area contributed by atoms with Crippen molar-refractivity contribution >= 4 is 50.8 Å². The second-order valence-electron chi connectivity index (χ2n) is 6.21. The van der Waals surface area contributed by atoms with Crippen molar-refractivity contribution in [2.75, 3.05) is 17.2 Å². The Hall–Kier alpha value is -2.95. The van der Waals surface area contributed by atoms with Gasteiger partial charge in [0.15, 0.2) is 6.61 Å². The highest BCUT2D eigenvalue weighted by atomic mass is 35.5. The molecule has 0 saturated heterocycles. The van der Waals surface area contributed by atoms with E-state index < -0.39 is 34.5 Å². The van der Waals surface area contributed by atoms with Crippen molar-refractivity contribution in [1.29, 1.82) is 0 Å². The number of amides is 2. The Labute approximate surface area is 178 Å². The number of carbonyl (C=O) groups excluding carboxylic acids is 3. The van der Waals surface area contributed by atoms with Gasteiger partial charge in [-0.1, -0.05) is 11.6 Å². The van der Waals surface area contributed by atoms with Crippen LogP contribution in [0.2, 0.25) is 5.02 Å². The average molecular weight is 454 g/mol. The summed E-state index contributed by atoms with van der Waals surface area (Å²) in [4.78, 5) is 34.9. The summed E-state index contributed by atoms with van der Waals surface area (Å²) in [6, 6.07) is 10.5. The summed E-state index contributed by atoms with van der Waals surface area (Å²) < 4.78 is 31.6. The van der Waals surface area contributed by atoms with Crippen LogP contribution < -0.4 is 15.4 Å². The van der Waals surface area contributed by atoms with Gasteiger partial charge in [0.25, 0.3) is 5.91 Å². The molecule has 0 radical (unpaired) electrons. The van der Waals surface area contributed by atoms with Crippen molar-refractivity contribution < 1.29 is 27.5 Å². The molecule has 1 atom stereocenters. The molecule has 0 saturated carbocycles. The van der Waals surface area contributed by atoms with Gasteiger partial charge in [0.2, 0.25) is 15.9 Å². The van der Waals surface area contributed by atoms with Crippen LogP contribution in [-0.4, -0.2) is 38.9 Å². The number of hydrogen-bond acceptors (Lipinski definition) is 6. The number of nitrogens with one attached hydrogen (secondary N) is 3. The minimum absolute atomic E-state index is 0.0630. The Morgan fingerprint density at radius 2 is 1.50 bits per heavy atom. The molecule has 0 aliphatic rings. The lowest BCUT2D eigenvalue weighted by molar-refractivity contribution is -0.148. The highest BCUT2D eigenvalue weighted by molar-refractivity contribution is 7.89. The van der Waals surface area contributed by atoms with Crippen molar-refractivity contribution in [1.82, 2.24) is 4.72 Å². The molecular weight excluding hydrogens is 434 g/mol. The zero-order valence-electron chi connectivity index (χ0n) is 16.1. The van der Waals surface area contributed by atoms with Gasteiger partial charge in [-0.2, -0.15) is 4.72 Å². The average Bonchev–Trinajstić information content (AvgIpc) is 2.67. The standard InChI is InChI=1S/C19H20ClN3O6S/c1-12(23-30(27,28)17-9-3-14(20)4-10-17)19(26)29-11-18(25)22-16-7-5-15(6-8-16)21-13(2)24/h3-10,12,23H,11H2,1-2H3,(H,21,24)(H,22,25)/t12-/m0/s1. The Balaban J connectivity index is 1.84. The summed E-state index contributed by atoms with van der Waals surface area (Å²) in [5, 5.41) is 5.48. The molecule has 30 heavy (non-hydrogen) atoms. The number of sulfonamides is 1. The lowest BCUT2D eigenvalue weighted by Gasteiger charge is -2.14. The maximum absolute atomic E-state index is 12.3. The van der Waals surface area contributed by atoms with Crippen molar-refractivity contribution in [2.45, 2.75) is 24.8 Å². The van der Waals surface area contributed by atoms with Crippen LogP contribution in [0.5, 0.6) is 0 Å². The first kappa shape index (κ1) is 23.3. The Morgan fingerprint density at radius 1 is 0.967 bits per heavy atom. The van der Waals surface area contributed by atoms with Crippen LogP contribution in [-0.2, 0) is 29.1 Å². The molecule has 2 aromatic carbocycles. The third-order valence-corrected chi connectivity index (χ3v) is 5.45. The van der Waals surface area contributed by atoms with Gasteiger partial charge < -0.3 is 15.4 Å². The second-order valence-corrected chi connectivity index (χ2v) is 8.36. The molecule has 0 unspecified atom stereocenters. The fraction of sp³-hybridized carbons (Fsp3) is 0.211. The van der Waals surface area contributed by atoms with E-state index in [-0.39, 0.29) is 10.8 Å². The Bertz CT molecular complexity index is 1020. The van der Waals surface area contributed by atoms with Gasteiger partial charge >= 0.3 is 5.97 Å². The number of ether oxygens (including phenoxy) is 1. The van der Waals surface area contributed by atoms with Crippen LogP contribution in [0.25, 0.3) is 0 Å². The molecule has 2 rings (SSSR count). The summed E-state index contributed by atoms with van der Waals surface area (Å²) in [6.07, 6.45) is 0. The minimum Gasteiger partial charge on any atom is -0.454 e. The van der Waals surface area contributed by atoms with Gasteiger partial charge in [-0.15, -0.1) is 0 Å². The van der Waals surface area contributed by atoms with Gasteiger partial charge in [-0.05, 0) is 55.5 Å². The Morgan fingerprint density at radius 3 is 2.03 bits per heavy atom. The molecule has 0 spiro atoms. The van der Waals surface area contributed by atoms with E-state index in [1.165, 1.54) is 38.1 Å². The number of carbonyl (C=O) groups is 3. The van der Waals surface area contributed by atoms with E-state index >= 15 is 0 Å². The number of halogens is 1. The van der Waals surface area contributed by atoms with Crippen LogP contribution in [0.3, 0.4) is 0 Å².